The lowest BCUT2D eigenvalue weighted by Crippen LogP contribution is -2.32. The van der Waals surface area contributed by atoms with Crippen LogP contribution in [0.3, 0.4) is 0 Å². The molecule has 1 heterocycles. The summed E-state index contributed by atoms with van der Waals surface area (Å²) in [4.78, 5) is 29.9. The lowest BCUT2D eigenvalue weighted by molar-refractivity contribution is -0.125. The predicted molar refractivity (Wildman–Crippen MR) is 104 cm³/mol. The van der Waals surface area contributed by atoms with Gasteiger partial charge in [0, 0.05) is 6.54 Å². The van der Waals surface area contributed by atoms with E-state index in [4.69, 9.17) is 5.11 Å². The highest BCUT2D eigenvalue weighted by Gasteiger charge is 2.37. The van der Waals surface area contributed by atoms with Crippen LogP contribution < -0.4 is 0 Å². The van der Waals surface area contributed by atoms with Crippen molar-refractivity contribution in [1.29, 1.82) is 0 Å². The van der Waals surface area contributed by atoms with E-state index >= 15 is 0 Å². The van der Waals surface area contributed by atoms with E-state index in [9.17, 15) is 9.59 Å². The molecule has 1 atom stereocenters. The summed E-state index contributed by atoms with van der Waals surface area (Å²) >= 11 is 1.43. The number of aromatic carboxylic acids is 1. The Morgan fingerprint density at radius 1 is 1.19 bits per heavy atom. The van der Waals surface area contributed by atoms with Crippen LogP contribution in [0.25, 0.3) is 0 Å². The summed E-state index contributed by atoms with van der Waals surface area (Å²) < 4.78 is 0. The zero-order valence-electron chi connectivity index (χ0n) is 14.0. The van der Waals surface area contributed by atoms with Crippen LogP contribution in [0.15, 0.2) is 72.2 Å². The highest BCUT2D eigenvalue weighted by molar-refractivity contribution is 8.15. The summed E-state index contributed by atoms with van der Waals surface area (Å²) in [5.74, 6) is -0.967. The molecule has 26 heavy (non-hydrogen) atoms. The Morgan fingerprint density at radius 2 is 1.88 bits per heavy atom. The zero-order valence-corrected chi connectivity index (χ0v) is 14.9. The number of thioether (sulfide) groups is 1. The first-order valence-corrected chi connectivity index (χ1v) is 9.01. The number of carbonyl (C=O) groups excluding carboxylic acids is 1. The van der Waals surface area contributed by atoms with Gasteiger partial charge in [-0.25, -0.2) is 9.79 Å². The van der Waals surface area contributed by atoms with Crippen molar-refractivity contribution in [1.82, 2.24) is 4.90 Å². The van der Waals surface area contributed by atoms with E-state index in [0.29, 0.717) is 23.8 Å². The number of benzene rings is 2. The van der Waals surface area contributed by atoms with Gasteiger partial charge in [-0.05, 0) is 36.2 Å². The fourth-order valence-electron chi connectivity index (χ4n) is 2.64. The van der Waals surface area contributed by atoms with E-state index in [2.05, 4.69) is 11.6 Å². The lowest BCUT2D eigenvalue weighted by Gasteiger charge is -2.13. The second kappa shape index (κ2) is 8.01. The second-order valence-electron chi connectivity index (χ2n) is 5.78. The molecule has 5 nitrogen and oxygen atoms in total. The van der Waals surface area contributed by atoms with Gasteiger partial charge in [0.1, 0.15) is 0 Å². The van der Waals surface area contributed by atoms with Gasteiger partial charge in [0.05, 0.1) is 16.5 Å². The fourth-order valence-corrected chi connectivity index (χ4v) is 3.85. The average molecular weight is 366 g/mol. The van der Waals surface area contributed by atoms with Crippen molar-refractivity contribution in [2.75, 3.05) is 6.54 Å². The largest absolute Gasteiger partial charge is 0.478 e. The summed E-state index contributed by atoms with van der Waals surface area (Å²) in [7, 11) is 0. The maximum absolute atomic E-state index is 12.7. The van der Waals surface area contributed by atoms with Gasteiger partial charge in [-0.2, -0.15) is 0 Å². The van der Waals surface area contributed by atoms with Crippen LogP contribution >= 0.6 is 11.8 Å². The van der Waals surface area contributed by atoms with Gasteiger partial charge in [0.15, 0.2) is 5.17 Å². The van der Waals surface area contributed by atoms with Gasteiger partial charge < -0.3 is 5.11 Å². The third-order valence-electron chi connectivity index (χ3n) is 3.93. The fraction of sp³-hybridized carbons (Fsp3) is 0.150. The van der Waals surface area contributed by atoms with Crippen LogP contribution in [0.4, 0.5) is 5.69 Å². The summed E-state index contributed by atoms with van der Waals surface area (Å²) in [5, 5.41) is 9.36. The molecule has 1 fully saturated rings. The molecule has 0 spiro atoms. The number of hydrogen-bond acceptors (Lipinski definition) is 4. The molecular weight excluding hydrogens is 348 g/mol. The van der Waals surface area contributed by atoms with Gasteiger partial charge in [-0.15, -0.1) is 6.58 Å². The first-order valence-electron chi connectivity index (χ1n) is 8.13. The number of rotatable bonds is 6. The van der Waals surface area contributed by atoms with Crippen molar-refractivity contribution in [2.24, 2.45) is 4.99 Å². The van der Waals surface area contributed by atoms with E-state index in [0.717, 1.165) is 5.56 Å². The maximum Gasteiger partial charge on any atom is 0.335 e. The van der Waals surface area contributed by atoms with Gasteiger partial charge >= 0.3 is 5.97 Å². The quantitative estimate of drug-likeness (QED) is 0.791. The van der Waals surface area contributed by atoms with E-state index in [-0.39, 0.29) is 16.7 Å². The summed E-state index contributed by atoms with van der Waals surface area (Å²) in [6.45, 7) is 4.11. The number of carboxylic acids is 1. The Kier molecular flexibility index (Phi) is 5.53. The highest BCUT2D eigenvalue weighted by Crippen LogP contribution is 2.31. The monoisotopic (exact) mass is 366 g/mol. The second-order valence-corrected chi connectivity index (χ2v) is 6.95. The molecule has 0 bridgehead atoms. The van der Waals surface area contributed by atoms with Gasteiger partial charge in [0.25, 0.3) is 0 Å². The molecule has 6 heteroatoms. The molecule has 1 N–H and O–H groups in total. The van der Waals surface area contributed by atoms with Crippen molar-refractivity contribution in [3.8, 4) is 0 Å². The van der Waals surface area contributed by atoms with Gasteiger partial charge in [-0.1, -0.05) is 48.2 Å². The highest BCUT2D eigenvalue weighted by atomic mass is 32.2. The third kappa shape index (κ3) is 4.03. The molecule has 1 aliphatic rings. The molecule has 1 saturated heterocycles. The Bertz CT molecular complexity index is 847. The van der Waals surface area contributed by atoms with Crippen LogP contribution in [-0.2, 0) is 11.2 Å². The molecule has 0 radical (unpaired) electrons. The minimum Gasteiger partial charge on any atom is -0.478 e. The minimum absolute atomic E-state index is 0.0136. The van der Waals surface area contributed by atoms with Crippen LogP contribution in [0.1, 0.15) is 15.9 Å². The summed E-state index contributed by atoms with van der Waals surface area (Å²) in [5.41, 5.74) is 1.91. The van der Waals surface area contributed by atoms with E-state index in [1.54, 1.807) is 23.1 Å². The number of nitrogens with zero attached hydrogens (tertiary/aromatic N) is 2. The summed E-state index contributed by atoms with van der Waals surface area (Å²) in [6, 6.07) is 16.2. The van der Waals surface area contributed by atoms with Crippen molar-refractivity contribution < 1.29 is 14.7 Å². The summed E-state index contributed by atoms with van der Waals surface area (Å²) in [6.07, 6.45) is 2.31. The van der Waals surface area contributed by atoms with Crippen molar-refractivity contribution >= 4 is 34.5 Å². The number of aliphatic imine (C=N–C) groups is 1. The Morgan fingerprint density at radius 3 is 2.50 bits per heavy atom. The van der Waals surface area contributed by atoms with E-state index in [1.165, 1.54) is 23.9 Å². The Labute approximate surface area is 156 Å². The van der Waals surface area contributed by atoms with Crippen molar-refractivity contribution in [2.45, 2.75) is 11.7 Å². The van der Waals surface area contributed by atoms with Gasteiger partial charge in [0.2, 0.25) is 5.91 Å². The molecule has 1 aliphatic heterocycles. The molecule has 132 valence electrons. The number of hydrogen-bond donors (Lipinski definition) is 1. The molecular formula is C20H18N2O3S. The molecule has 3 rings (SSSR count). The molecule has 0 unspecified atom stereocenters. The van der Waals surface area contributed by atoms with E-state index in [1.807, 2.05) is 30.3 Å². The minimum atomic E-state index is -0.981. The van der Waals surface area contributed by atoms with Crippen molar-refractivity contribution in [3.05, 3.63) is 78.4 Å². The molecule has 2 aromatic rings. The molecule has 0 saturated carbocycles. The van der Waals surface area contributed by atoms with Gasteiger partial charge in [-0.3, -0.25) is 9.69 Å². The van der Waals surface area contributed by atoms with Crippen molar-refractivity contribution in [3.63, 3.8) is 0 Å². The maximum atomic E-state index is 12.7. The SMILES string of the molecule is C=CCN1C(=O)[C@@H](Cc2ccccc2)SC1=Nc1ccc(C(=O)O)cc1. The average Bonchev–Trinajstić information content (AvgIpc) is 2.92. The number of amidine groups is 1. The molecule has 1 amide bonds. The number of amides is 1. The smallest absolute Gasteiger partial charge is 0.335 e. The third-order valence-corrected chi connectivity index (χ3v) is 5.11. The Balaban J connectivity index is 1.83. The van der Waals surface area contributed by atoms with Crippen LogP contribution in [0, 0.1) is 0 Å². The van der Waals surface area contributed by atoms with Crippen LogP contribution in [0.5, 0.6) is 0 Å². The van der Waals surface area contributed by atoms with E-state index < -0.39 is 5.97 Å². The standard InChI is InChI=1S/C20H18N2O3S/c1-2-12-22-18(23)17(13-14-6-4-3-5-7-14)26-20(22)21-16-10-8-15(9-11-16)19(24)25/h2-11,17H,1,12-13H2,(H,24,25)/t17-/m1/s1. The van der Waals surface area contributed by atoms with Crippen LogP contribution in [-0.4, -0.2) is 38.8 Å². The zero-order chi connectivity index (χ0) is 18.5. The lowest BCUT2D eigenvalue weighted by atomic mass is 10.1. The normalized spacial score (nSPS) is 18.3. The van der Waals surface area contributed by atoms with Crippen LogP contribution in [0.2, 0.25) is 0 Å². The first-order chi connectivity index (χ1) is 12.6. The number of carboxylic acid groups (broad SMARTS) is 1. The Hall–Kier alpha value is -2.86. The molecule has 2 aromatic carbocycles. The first kappa shape index (κ1) is 17.9. The topological polar surface area (TPSA) is 70.0 Å². The predicted octanol–water partition coefficient (Wildman–Crippen LogP) is 3.75. The number of carbonyl (C=O) groups is 2. The molecule has 0 aliphatic carbocycles. The molecule has 0 aromatic heterocycles.